The van der Waals surface area contributed by atoms with Crippen molar-refractivity contribution in [2.24, 2.45) is 0 Å². The molecule has 176 valence electrons. The summed E-state index contributed by atoms with van der Waals surface area (Å²) in [5.74, 6) is -0.687. The van der Waals surface area contributed by atoms with Crippen molar-refractivity contribution < 1.29 is 27.8 Å². The van der Waals surface area contributed by atoms with Crippen LogP contribution in [0.25, 0.3) is 0 Å². The summed E-state index contributed by atoms with van der Waals surface area (Å²) < 4.78 is 31.8. The standard InChI is InChI=1S/C20H22N4O8S/c1-14-18(23(26)27)12-16(13-19(14)24(28)29)20(25)21-7-6-15-2-4-17(5-3-15)33(30,31)22-8-10-32-11-9-22/h2-5,12-13H,6-11H2,1H3,(H,21,25). The highest BCUT2D eigenvalue weighted by Gasteiger charge is 2.27. The van der Waals surface area contributed by atoms with E-state index in [2.05, 4.69) is 5.32 Å². The average Bonchev–Trinajstić information content (AvgIpc) is 2.79. The van der Waals surface area contributed by atoms with Crippen LogP contribution in [0.4, 0.5) is 11.4 Å². The van der Waals surface area contributed by atoms with E-state index in [9.17, 15) is 33.4 Å². The lowest BCUT2D eigenvalue weighted by atomic mass is 10.1. The topological polar surface area (TPSA) is 162 Å². The third-order valence-electron chi connectivity index (χ3n) is 5.24. The maximum Gasteiger partial charge on any atom is 0.279 e. The minimum Gasteiger partial charge on any atom is -0.379 e. The number of nitrogens with zero attached hydrogens (tertiary/aromatic N) is 3. The summed E-state index contributed by atoms with van der Waals surface area (Å²) in [6, 6.07) is 8.28. The molecule has 0 saturated carbocycles. The zero-order chi connectivity index (χ0) is 24.2. The minimum atomic E-state index is -3.60. The number of benzene rings is 2. The van der Waals surface area contributed by atoms with Crippen LogP contribution in [0.2, 0.25) is 0 Å². The Hall–Kier alpha value is -3.42. The van der Waals surface area contributed by atoms with Gasteiger partial charge in [-0.25, -0.2) is 8.42 Å². The van der Waals surface area contributed by atoms with E-state index in [0.29, 0.717) is 32.7 Å². The largest absolute Gasteiger partial charge is 0.379 e. The number of amides is 1. The van der Waals surface area contributed by atoms with Crippen LogP contribution < -0.4 is 5.32 Å². The molecular weight excluding hydrogens is 456 g/mol. The Morgan fingerprint density at radius 1 is 1.06 bits per heavy atom. The van der Waals surface area contributed by atoms with Crippen LogP contribution >= 0.6 is 0 Å². The SMILES string of the molecule is Cc1c([N+](=O)[O-])cc(C(=O)NCCc2ccc(S(=O)(=O)N3CCOCC3)cc2)cc1[N+](=O)[O-]. The first kappa shape index (κ1) is 24.2. The Bertz CT molecular complexity index is 1140. The van der Waals surface area contributed by atoms with Crippen molar-refractivity contribution in [3.8, 4) is 0 Å². The number of rotatable bonds is 8. The van der Waals surface area contributed by atoms with Crippen LogP contribution in [0.3, 0.4) is 0 Å². The van der Waals surface area contributed by atoms with E-state index in [4.69, 9.17) is 4.74 Å². The number of carbonyl (C=O) groups is 1. The Morgan fingerprint density at radius 2 is 1.61 bits per heavy atom. The molecule has 0 unspecified atom stereocenters. The molecule has 1 heterocycles. The van der Waals surface area contributed by atoms with E-state index >= 15 is 0 Å². The van der Waals surface area contributed by atoms with Crippen LogP contribution in [0.5, 0.6) is 0 Å². The van der Waals surface area contributed by atoms with Gasteiger partial charge < -0.3 is 10.1 Å². The molecule has 3 rings (SSSR count). The summed E-state index contributed by atoms with van der Waals surface area (Å²) in [5, 5.41) is 24.9. The second kappa shape index (κ2) is 10.0. The Kier molecular flexibility index (Phi) is 7.36. The van der Waals surface area contributed by atoms with Gasteiger partial charge in [0.1, 0.15) is 5.56 Å². The van der Waals surface area contributed by atoms with E-state index in [1.807, 2.05) is 0 Å². The number of nitrogens with one attached hydrogen (secondary N) is 1. The summed E-state index contributed by atoms with van der Waals surface area (Å²) in [4.78, 5) is 33.4. The fraction of sp³-hybridized carbons (Fsp3) is 0.350. The normalized spacial score (nSPS) is 14.6. The van der Waals surface area contributed by atoms with Gasteiger partial charge in [0.15, 0.2) is 0 Å². The van der Waals surface area contributed by atoms with Crippen molar-refractivity contribution in [1.82, 2.24) is 9.62 Å². The first-order valence-electron chi connectivity index (χ1n) is 9.99. The van der Waals surface area contributed by atoms with Crippen LogP contribution in [-0.4, -0.2) is 61.3 Å². The number of sulfonamides is 1. The first-order chi connectivity index (χ1) is 15.6. The van der Waals surface area contributed by atoms with Gasteiger partial charge in [-0.3, -0.25) is 25.0 Å². The maximum atomic E-state index is 12.7. The van der Waals surface area contributed by atoms with Crippen molar-refractivity contribution >= 4 is 27.3 Å². The number of ether oxygens (including phenoxy) is 1. The monoisotopic (exact) mass is 478 g/mol. The second-order valence-electron chi connectivity index (χ2n) is 7.32. The molecule has 1 N–H and O–H groups in total. The van der Waals surface area contributed by atoms with Crippen LogP contribution in [0.15, 0.2) is 41.3 Å². The van der Waals surface area contributed by atoms with Gasteiger partial charge in [-0.05, 0) is 31.0 Å². The third kappa shape index (κ3) is 5.50. The lowest BCUT2D eigenvalue weighted by Crippen LogP contribution is -2.40. The Balaban J connectivity index is 1.64. The van der Waals surface area contributed by atoms with Crippen LogP contribution in [-0.2, 0) is 21.2 Å². The van der Waals surface area contributed by atoms with Gasteiger partial charge >= 0.3 is 0 Å². The van der Waals surface area contributed by atoms with Crippen molar-refractivity contribution in [3.63, 3.8) is 0 Å². The molecule has 1 aliphatic heterocycles. The van der Waals surface area contributed by atoms with Gasteiger partial charge in [0.05, 0.1) is 33.5 Å². The summed E-state index contributed by atoms with van der Waals surface area (Å²) in [5.41, 5.74) is -0.574. The molecule has 2 aromatic carbocycles. The molecule has 1 saturated heterocycles. The smallest absolute Gasteiger partial charge is 0.279 e. The molecule has 2 aromatic rings. The van der Waals surface area contributed by atoms with E-state index in [-0.39, 0.29) is 22.6 Å². The molecule has 0 spiro atoms. The predicted octanol–water partition coefficient (Wildman–Crippen LogP) is 1.80. The molecule has 1 amide bonds. The maximum absolute atomic E-state index is 12.7. The Labute approximate surface area is 189 Å². The molecule has 0 aliphatic carbocycles. The molecule has 0 atom stereocenters. The van der Waals surface area contributed by atoms with Crippen molar-refractivity contribution in [3.05, 3.63) is 73.3 Å². The number of carbonyl (C=O) groups excluding carboxylic acids is 1. The molecule has 33 heavy (non-hydrogen) atoms. The van der Waals surface area contributed by atoms with E-state index in [1.165, 1.54) is 23.4 Å². The summed E-state index contributed by atoms with van der Waals surface area (Å²) in [7, 11) is -3.60. The molecular formula is C20H22N4O8S. The first-order valence-corrected chi connectivity index (χ1v) is 11.4. The number of nitro benzene ring substituents is 2. The summed E-state index contributed by atoms with van der Waals surface area (Å²) in [6.07, 6.45) is 0.361. The number of nitro groups is 2. The van der Waals surface area contributed by atoms with Gasteiger partial charge in [0, 0.05) is 31.8 Å². The van der Waals surface area contributed by atoms with Gasteiger partial charge in [0.25, 0.3) is 17.3 Å². The van der Waals surface area contributed by atoms with Crippen molar-refractivity contribution in [1.29, 1.82) is 0 Å². The molecule has 0 aromatic heterocycles. The summed E-state index contributed by atoms with van der Waals surface area (Å²) in [6.45, 7) is 2.69. The lowest BCUT2D eigenvalue weighted by molar-refractivity contribution is -0.395. The number of hydrogen-bond donors (Lipinski definition) is 1. The van der Waals surface area contributed by atoms with E-state index in [1.54, 1.807) is 12.1 Å². The van der Waals surface area contributed by atoms with Gasteiger partial charge in [-0.15, -0.1) is 0 Å². The summed E-state index contributed by atoms with van der Waals surface area (Å²) >= 11 is 0. The number of morpholine rings is 1. The van der Waals surface area contributed by atoms with Gasteiger partial charge in [-0.1, -0.05) is 12.1 Å². The van der Waals surface area contributed by atoms with E-state index < -0.39 is 37.2 Å². The van der Waals surface area contributed by atoms with E-state index in [0.717, 1.165) is 17.7 Å². The second-order valence-corrected chi connectivity index (χ2v) is 9.26. The predicted molar refractivity (Wildman–Crippen MR) is 117 cm³/mol. The van der Waals surface area contributed by atoms with Crippen LogP contribution in [0.1, 0.15) is 21.5 Å². The molecule has 0 radical (unpaired) electrons. The molecule has 1 aliphatic rings. The fourth-order valence-corrected chi connectivity index (χ4v) is 4.79. The van der Waals surface area contributed by atoms with Gasteiger partial charge in [-0.2, -0.15) is 4.31 Å². The van der Waals surface area contributed by atoms with Crippen molar-refractivity contribution in [2.75, 3.05) is 32.8 Å². The molecule has 13 heteroatoms. The Morgan fingerprint density at radius 3 is 2.12 bits per heavy atom. The number of hydrogen-bond acceptors (Lipinski definition) is 8. The third-order valence-corrected chi connectivity index (χ3v) is 7.15. The highest BCUT2D eigenvalue weighted by Crippen LogP contribution is 2.29. The fourth-order valence-electron chi connectivity index (χ4n) is 3.38. The lowest BCUT2D eigenvalue weighted by Gasteiger charge is -2.26. The van der Waals surface area contributed by atoms with Gasteiger partial charge in [0.2, 0.25) is 10.0 Å². The van der Waals surface area contributed by atoms with Crippen molar-refractivity contribution in [2.45, 2.75) is 18.2 Å². The zero-order valence-electron chi connectivity index (χ0n) is 17.7. The molecule has 12 nitrogen and oxygen atoms in total. The molecule has 1 fully saturated rings. The highest BCUT2D eigenvalue weighted by atomic mass is 32.2. The minimum absolute atomic E-state index is 0.131. The average molecular weight is 478 g/mol. The quantitative estimate of drug-likeness (QED) is 0.443. The highest BCUT2D eigenvalue weighted by molar-refractivity contribution is 7.89. The van der Waals surface area contributed by atoms with Crippen LogP contribution in [0, 0.1) is 27.2 Å². The zero-order valence-corrected chi connectivity index (χ0v) is 18.5. The molecule has 0 bridgehead atoms.